The van der Waals surface area contributed by atoms with Crippen molar-refractivity contribution < 1.29 is 14.0 Å². The van der Waals surface area contributed by atoms with Gasteiger partial charge in [0.25, 0.3) is 0 Å². The number of benzene rings is 1. The zero-order valence-electron chi connectivity index (χ0n) is 11.7. The van der Waals surface area contributed by atoms with Crippen molar-refractivity contribution in [2.24, 2.45) is 11.8 Å². The Bertz CT molecular complexity index is 514. The highest BCUT2D eigenvalue weighted by atomic mass is 19.1. The summed E-state index contributed by atoms with van der Waals surface area (Å²) in [6.07, 6.45) is 0.551. The van der Waals surface area contributed by atoms with Crippen LogP contribution < -0.4 is 5.32 Å². The van der Waals surface area contributed by atoms with Crippen LogP contribution in [0.25, 0.3) is 0 Å². The molecule has 2 amide bonds. The molecule has 0 saturated heterocycles. The summed E-state index contributed by atoms with van der Waals surface area (Å²) in [5.74, 6) is -1.30. The summed E-state index contributed by atoms with van der Waals surface area (Å²) in [5, 5.41) is 2.55. The van der Waals surface area contributed by atoms with Gasteiger partial charge in [0.15, 0.2) is 0 Å². The van der Waals surface area contributed by atoms with Gasteiger partial charge in [-0.25, -0.2) is 4.39 Å². The van der Waals surface area contributed by atoms with Crippen molar-refractivity contribution in [3.63, 3.8) is 0 Å². The van der Waals surface area contributed by atoms with Gasteiger partial charge in [0.2, 0.25) is 11.8 Å². The van der Waals surface area contributed by atoms with Crippen LogP contribution in [0.5, 0.6) is 0 Å². The Morgan fingerprint density at radius 2 is 1.90 bits per heavy atom. The first kappa shape index (κ1) is 14.5. The molecule has 0 bridgehead atoms. The summed E-state index contributed by atoms with van der Waals surface area (Å²) < 4.78 is 13.4. The Morgan fingerprint density at radius 1 is 1.25 bits per heavy atom. The second-order valence-corrected chi connectivity index (χ2v) is 4.93. The Morgan fingerprint density at radius 3 is 2.50 bits per heavy atom. The zero-order valence-corrected chi connectivity index (χ0v) is 11.7. The Labute approximate surface area is 118 Å². The first-order valence-electron chi connectivity index (χ1n) is 6.92. The number of carbonyl (C=O) groups is 2. The molecule has 0 aliphatic heterocycles. The lowest BCUT2D eigenvalue weighted by Gasteiger charge is -2.18. The van der Waals surface area contributed by atoms with Crippen molar-refractivity contribution in [1.82, 2.24) is 4.90 Å². The molecule has 108 valence electrons. The summed E-state index contributed by atoms with van der Waals surface area (Å²) >= 11 is 0. The zero-order chi connectivity index (χ0) is 14.7. The van der Waals surface area contributed by atoms with Gasteiger partial charge in [-0.3, -0.25) is 9.59 Å². The number of nitrogens with zero attached hydrogens (tertiary/aromatic N) is 1. The van der Waals surface area contributed by atoms with Crippen molar-refractivity contribution in [1.29, 1.82) is 0 Å². The van der Waals surface area contributed by atoms with Gasteiger partial charge in [0, 0.05) is 13.1 Å². The van der Waals surface area contributed by atoms with Gasteiger partial charge in [-0.1, -0.05) is 12.1 Å². The van der Waals surface area contributed by atoms with Crippen LogP contribution in [-0.2, 0) is 9.59 Å². The average molecular weight is 278 g/mol. The maximum atomic E-state index is 13.4. The summed E-state index contributed by atoms with van der Waals surface area (Å²) in [6, 6.07) is 6.02. The second-order valence-electron chi connectivity index (χ2n) is 4.93. The molecule has 1 saturated carbocycles. The fourth-order valence-corrected chi connectivity index (χ4v) is 2.32. The van der Waals surface area contributed by atoms with E-state index in [1.165, 1.54) is 12.1 Å². The maximum absolute atomic E-state index is 13.4. The van der Waals surface area contributed by atoms with Crippen LogP contribution >= 0.6 is 0 Å². The number of amides is 2. The lowest BCUT2D eigenvalue weighted by Crippen LogP contribution is -2.33. The van der Waals surface area contributed by atoms with Crippen LogP contribution in [0, 0.1) is 17.7 Å². The molecule has 1 N–H and O–H groups in total. The molecule has 0 spiro atoms. The van der Waals surface area contributed by atoms with Gasteiger partial charge in [-0.2, -0.15) is 0 Å². The fourth-order valence-electron chi connectivity index (χ4n) is 2.32. The van der Waals surface area contributed by atoms with Crippen LogP contribution in [0.4, 0.5) is 10.1 Å². The molecule has 2 atom stereocenters. The van der Waals surface area contributed by atoms with Gasteiger partial charge < -0.3 is 10.2 Å². The topological polar surface area (TPSA) is 49.4 Å². The van der Waals surface area contributed by atoms with E-state index < -0.39 is 5.82 Å². The molecule has 1 aromatic carbocycles. The summed E-state index contributed by atoms with van der Waals surface area (Å²) in [6.45, 7) is 5.12. The Balaban J connectivity index is 1.94. The van der Waals surface area contributed by atoms with Crippen molar-refractivity contribution >= 4 is 17.5 Å². The lowest BCUT2D eigenvalue weighted by molar-refractivity contribution is -0.133. The Hall–Kier alpha value is -1.91. The van der Waals surface area contributed by atoms with Crippen LogP contribution in [0.3, 0.4) is 0 Å². The Kier molecular flexibility index (Phi) is 4.37. The highest BCUT2D eigenvalue weighted by Crippen LogP contribution is 2.40. The van der Waals surface area contributed by atoms with E-state index in [2.05, 4.69) is 5.32 Å². The van der Waals surface area contributed by atoms with Crippen molar-refractivity contribution in [2.45, 2.75) is 20.3 Å². The molecule has 0 heterocycles. The molecule has 1 aromatic rings. The van der Waals surface area contributed by atoms with Crippen molar-refractivity contribution in [3.05, 3.63) is 30.1 Å². The monoisotopic (exact) mass is 278 g/mol. The first-order chi connectivity index (χ1) is 9.58. The summed E-state index contributed by atoms with van der Waals surface area (Å²) in [4.78, 5) is 25.8. The van der Waals surface area contributed by atoms with Crippen LogP contribution in [0.2, 0.25) is 0 Å². The van der Waals surface area contributed by atoms with Crippen LogP contribution in [0.1, 0.15) is 20.3 Å². The van der Waals surface area contributed by atoms with E-state index in [0.717, 1.165) is 0 Å². The predicted molar refractivity (Wildman–Crippen MR) is 74.6 cm³/mol. The van der Waals surface area contributed by atoms with Gasteiger partial charge >= 0.3 is 0 Å². The third-order valence-corrected chi connectivity index (χ3v) is 3.65. The lowest BCUT2D eigenvalue weighted by atomic mass is 10.2. The molecule has 4 nitrogen and oxygen atoms in total. The first-order valence-corrected chi connectivity index (χ1v) is 6.92. The molecular formula is C15H19FN2O2. The van der Waals surface area contributed by atoms with Crippen molar-refractivity contribution in [2.75, 3.05) is 18.4 Å². The van der Waals surface area contributed by atoms with Gasteiger partial charge in [0.1, 0.15) is 5.82 Å². The molecule has 1 aliphatic carbocycles. The molecule has 20 heavy (non-hydrogen) atoms. The van der Waals surface area contributed by atoms with Crippen LogP contribution in [0.15, 0.2) is 24.3 Å². The van der Waals surface area contributed by atoms with Crippen molar-refractivity contribution in [3.8, 4) is 0 Å². The number of carbonyl (C=O) groups excluding carboxylic acids is 2. The molecular weight excluding hydrogens is 259 g/mol. The number of hydrogen-bond donors (Lipinski definition) is 1. The van der Waals surface area contributed by atoms with E-state index in [1.807, 2.05) is 13.8 Å². The quantitative estimate of drug-likeness (QED) is 0.898. The standard InChI is InChI=1S/C15H19FN2O2/c1-3-18(4-2)15(20)11-9-10(11)14(19)17-13-8-6-5-7-12(13)16/h5-8,10-11H,3-4,9H2,1-2H3,(H,17,19). The van der Waals surface area contributed by atoms with E-state index in [0.29, 0.717) is 19.5 Å². The van der Waals surface area contributed by atoms with Crippen LogP contribution in [-0.4, -0.2) is 29.8 Å². The minimum atomic E-state index is -0.465. The molecule has 5 heteroatoms. The highest BCUT2D eigenvalue weighted by molar-refractivity contribution is 5.99. The normalized spacial score (nSPS) is 20.4. The van der Waals surface area contributed by atoms with E-state index >= 15 is 0 Å². The molecule has 0 radical (unpaired) electrons. The van der Waals surface area contributed by atoms with E-state index in [9.17, 15) is 14.0 Å². The predicted octanol–water partition coefficient (Wildman–Crippen LogP) is 2.27. The van der Waals surface area contributed by atoms with Gasteiger partial charge in [0.05, 0.1) is 17.5 Å². The molecule has 0 aromatic heterocycles. The SMILES string of the molecule is CCN(CC)C(=O)C1CC1C(=O)Nc1ccccc1F. The minimum absolute atomic E-state index is 0.0173. The largest absolute Gasteiger partial charge is 0.343 e. The van der Waals surface area contributed by atoms with E-state index in [-0.39, 0.29) is 29.3 Å². The van der Waals surface area contributed by atoms with E-state index in [4.69, 9.17) is 0 Å². The third-order valence-electron chi connectivity index (χ3n) is 3.65. The molecule has 2 unspecified atom stereocenters. The van der Waals surface area contributed by atoms with E-state index in [1.54, 1.807) is 17.0 Å². The highest BCUT2D eigenvalue weighted by Gasteiger charge is 2.49. The number of halogens is 1. The third kappa shape index (κ3) is 2.98. The summed E-state index contributed by atoms with van der Waals surface area (Å²) in [7, 11) is 0. The number of nitrogens with one attached hydrogen (secondary N) is 1. The van der Waals surface area contributed by atoms with Gasteiger partial charge in [-0.05, 0) is 32.4 Å². The minimum Gasteiger partial charge on any atom is -0.343 e. The molecule has 1 aliphatic rings. The smallest absolute Gasteiger partial charge is 0.228 e. The molecule has 1 fully saturated rings. The second kappa shape index (κ2) is 6.03. The van der Waals surface area contributed by atoms with Gasteiger partial charge in [-0.15, -0.1) is 0 Å². The number of para-hydroxylation sites is 1. The molecule has 2 rings (SSSR count). The number of anilines is 1. The number of rotatable bonds is 5. The maximum Gasteiger partial charge on any atom is 0.228 e. The fraction of sp³-hybridized carbons (Fsp3) is 0.467. The summed E-state index contributed by atoms with van der Waals surface area (Å²) in [5.41, 5.74) is 0.165. The average Bonchev–Trinajstić information content (AvgIpc) is 3.23. The number of hydrogen-bond acceptors (Lipinski definition) is 2.